The molecule has 8 heteroatoms. The van der Waals surface area contributed by atoms with Gasteiger partial charge in [0, 0.05) is 52.4 Å². The molecule has 1 aliphatic rings. The van der Waals surface area contributed by atoms with Gasteiger partial charge in [-0.1, -0.05) is 6.07 Å². The summed E-state index contributed by atoms with van der Waals surface area (Å²) in [6.45, 7) is 5.47. The first-order valence-corrected chi connectivity index (χ1v) is 8.72. The molecule has 3 rings (SSSR count). The van der Waals surface area contributed by atoms with E-state index in [1.165, 1.54) is 0 Å². The highest BCUT2D eigenvalue weighted by Crippen LogP contribution is 2.09. The summed E-state index contributed by atoms with van der Waals surface area (Å²) in [6.07, 6.45) is 5.64. The number of guanidine groups is 1. The van der Waals surface area contributed by atoms with Crippen LogP contribution in [0.4, 0.5) is 0 Å². The van der Waals surface area contributed by atoms with Crippen molar-refractivity contribution in [1.29, 1.82) is 0 Å². The van der Waals surface area contributed by atoms with Crippen LogP contribution in [0.2, 0.25) is 0 Å². The summed E-state index contributed by atoms with van der Waals surface area (Å²) in [5, 5.41) is 3.40. The van der Waals surface area contributed by atoms with Crippen LogP contribution in [0.1, 0.15) is 11.4 Å². The molecule has 1 saturated heterocycles. The molecular formula is C18H26N6O2. The van der Waals surface area contributed by atoms with E-state index in [9.17, 15) is 0 Å². The lowest BCUT2D eigenvalue weighted by molar-refractivity contribution is -0.0447. The number of ether oxygens (including phenoxy) is 2. The van der Waals surface area contributed by atoms with Gasteiger partial charge in [-0.15, -0.1) is 0 Å². The molecule has 0 spiro atoms. The Kier molecular flexibility index (Phi) is 6.19. The number of aromatic nitrogens is 3. The number of hydrogen-bond acceptors (Lipinski definition) is 5. The van der Waals surface area contributed by atoms with Crippen LogP contribution in [0.3, 0.4) is 0 Å². The first-order chi connectivity index (χ1) is 12.7. The topological polar surface area (TPSA) is 76.8 Å². The van der Waals surface area contributed by atoms with E-state index in [0.29, 0.717) is 19.8 Å². The smallest absolute Gasteiger partial charge is 0.194 e. The predicted molar refractivity (Wildman–Crippen MR) is 99.5 cm³/mol. The third kappa shape index (κ3) is 4.39. The number of methoxy groups -OCH3 is 1. The van der Waals surface area contributed by atoms with Gasteiger partial charge >= 0.3 is 0 Å². The van der Waals surface area contributed by atoms with E-state index in [4.69, 9.17) is 9.47 Å². The van der Waals surface area contributed by atoms with Crippen molar-refractivity contribution in [2.75, 3.05) is 40.5 Å². The maximum absolute atomic E-state index is 5.70. The van der Waals surface area contributed by atoms with Crippen LogP contribution in [-0.2, 0) is 16.0 Å². The van der Waals surface area contributed by atoms with E-state index in [-0.39, 0.29) is 6.10 Å². The summed E-state index contributed by atoms with van der Waals surface area (Å²) in [4.78, 5) is 15.3. The largest absolute Gasteiger partial charge is 0.382 e. The van der Waals surface area contributed by atoms with E-state index in [0.717, 1.165) is 36.3 Å². The monoisotopic (exact) mass is 358 g/mol. The Hall–Kier alpha value is -2.45. The third-order valence-electron chi connectivity index (χ3n) is 4.33. The minimum Gasteiger partial charge on any atom is -0.382 e. The number of aryl methyl sites for hydroxylation is 1. The highest BCUT2D eigenvalue weighted by molar-refractivity contribution is 5.80. The summed E-state index contributed by atoms with van der Waals surface area (Å²) < 4.78 is 12.9. The molecule has 1 N–H and O–H groups in total. The van der Waals surface area contributed by atoms with Crippen LogP contribution in [0, 0.1) is 6.92 Å². The summed E-state index contributed by atoms with van der Waals surface area (Å²) in [7, 11) is 3.49. The first-order valence-electron chi connectivity index (χ1n) is 8.72. The quantitative estimate of drug-likeness (QED) is 0.635. The third-order valence-corrected chi connectivity index (χ3v) is 4.33. The molecule has 2 aromatic rings. The van der Waals surface area contributed by atoms with E-state index < -0.39 is 0 Å². The Morgan fingerprint density at radius 1 is 1.42 bits per heavy atom. The van der Waals surface area contributed by atoms with Crippen LogP contribution in [0.5, 0.6) is 0 Å². The molecule has 8 nitrogen and oxygen atoms in total. The Balaban J connectivity index is 1.58. The average Bonchev–Trinajstić information content (AvgIpc) is 3.09. The zero-order valence-electron chi connectivity index (χ0n) is 15.6. The summed E-state index contributed by atoms with van der Waals surface area (Å²) >= 11 is 0. The number of rotatable bonds is 5. The molecule has 0 radical (unpaired) electrons. The molecule has 26 heavy (non-hydrogen) atoms. The lowest BCUT2D eigenvalue weighted by Gasteiger charge is -2.34. The Morgan fingerprint density at radius 3 is 2.96 bits per heavy atom. The van der Waals surface area contributed by atoms with Crippen LogP contribution in [0.25, 0.3) is 5.82 Å². The molecule has 1 atom stereocenters. The number of morpholine rings is 1. The number of nitrogens with one attached hydrogen (secondary N) is 1. The zero-order chi connectivity index (χ0) is 18.4. The van der Waals surface area contributed by atoms with Crippen LogP contribution < -0.4 is 5.32 Å². The standard InChI is InChI=1S/C18H26N6O2/c1-14-20-6-7-24(14)17-5-4-15(10-21-17)11-22-18(19-2)23-8-9-26-16(12-23)13-25-3/h4-7,10,16H,8-9,11-13H2,1-3H3,(H,19,22). The summed E-state index contributed by atoms with van der Waals surface area (Å²) in [5.41, 5.74) is 1.09. The van der Waals surface area contributed by atoms with Crippen molar-refractivity contribution in [3.05, 3.63) is 42.1 Å². The first kappa shape index (κ1) is 18.3. The molecule has 1 aliphatic heterocycles. The number of nitrogens with zero attached hydrogens (tertiary/aromatic N) is 5. The van der Waals surface area contributed by atoms with Crippen molar-refractivity contribution in [3.8, 4) is 5.82 Å². The SMILES string of the molecule is CN=C(NCc1ccc(-n2ccnc2C)nc1)N1CCOC(COC)C1. The van der Waals surface area contributed by atoms with Crippen LogP contribution in [0.15, 0.2) is 35.7 Å². The van der Waals surface area contributed by atoms with Gasteiger partial charge < -0.3 is 19.7 Å². The number of imidazole rings is 1. The van der Waals surface area contributed by atoms with Gasteiger partial charge in [0.1, 0.15) is 11.6 Å². The van der Waals surface area contributed by atoms with Crippen molar-refractivity contribution in [2.24, 2.45) is 4.99 Å². The molecule has 0 saturated carbocycles. The van der Waals surface area contributed by atoms with Gasteiger partial charge in [0.25, 0.3) is 0 Å². The van der Waals surface area contributed by atoms with Crippen molar-refractivity contribution in [3.63, 3.8) is 0 Å². The summed E-state index contributed by atoms with van der Waals surface area (Å²) in [6, 6.07) is 4.06. The molecule has 0 aliphatic carbocycles. The Morgan fingerprint density at radius 2 is 2.31 bits per heavy atom. The maximum Gasteiger partial charge on any atom is 0.194 e. The summed E-state index contributed by atoms with van der Waals surface area (Å²) in [5.74, 6) is 2.65. The molecule has 1 unspecified atom stereocenters. The van der Waals surface area contributed by atoms with Crippen molar-refractivity contribution >= 4 is 5.96 Å². The van der Waals surface area contributed by atoms with Gasteiger partial charge in [-0.2, -0.15) is 0 Å². The van der Waals surface area contributed by atoms with E-state index >= 15 is 0 Å². The lowest BCUT2D eigenvalue weighted by atomic mass is 10.2. The van der Waals surface area contributed by atoms with Crippen molar-refractivity contribution < 1.29 is 9.47 Å². The fraction of sp³-hybridized carbons (Fsp3) is 0.500. The van der Waals surface area contributed by atoms with Gasteiger partial charge in [0.2, 0.25) is 0 Å². The van der Waals surface area contributed by atoms with E-state index in [2.05, 4.69) is 31.2 Å². The second-order valence-corrected chi connectivity index (χ2v) is 6.16. The second kappa shape index (κ2) is 8.77. The van der Waals surface area contributed by atoms with Gasteiger partial charge in [-0.3, -0.25) is 9.56 Å². The molecule has 140 valence electrons. The number of hydrogen-bond donors (Lipinski definition) is 1. The number of pyridine rings is 1. The molecule has 0 aromatic carbocycles. The molecule has 1 fully saturated rings. The van der Waals surface area contributed by atoms with Gasteiger partial charge in [0.05, 0.1) is 19.3 Å². The molecule has 0 amide bonds. The van der Waals surface area contributed by atoms with E-state index in [1.807, 2.05) is 30.0 Å². The highest BCUT2D eigenvalue weighted by Gasteiger charge is 2.22. The van der Waals surface area contributed by atoms with Crippen LogP contribution >= 0.6 is 0 Å². The van der Waals surface area contributed by atoms with Gasteiger partial charge in [-0.05, 0) is 18.6 Å². The molecular weight excluding hydrogens is 332 g/mol. The highest BCUT2D eigenvalue weighted by atomic mass is 16.5. The minimum absolute atomic E-state index is 0.0756. The second-order valence-electron chi connectivity index (χ2n) is 6.16. The minimum atomic E-state index is 0.0756. The van der Waals surface area contributed by atoms with Crippen molar-refractivity contribution in [2.45, 2.75) is 19.6 Å². The molecule has 0 bridgehead atoms. The van der Waals surface area contributed by atoms with Gasteiger partial charge in [0.15, 0.2) is 5.96 Å². The maximum atomic E-state index is 5.70. The lowest BCUT2D eigenvalue weighted by Crippen LogP contribution is -2.51. The fourth-order valence-corrected chi connectivity index (χ4v) is 3.00. The predicted octanol–water partition coefficient (Wildman–Crippen LogP) is 0.998. The molecule has 2 aromatic heterocycles. The Labute approximate surface area is 153 Å². The van der Waals surface area contributed by atoms with E-state index in [1.54, 1.807) is 20.4 Å². The molecule has 3 heterocycles. The van der Waals surface area contributed by atoms with Crippen LogP contribution in [-0.4, -0.2) is 72.0 Å². The van der Waals surface area contributed by atoms with Crippen molar-refractivity contribution in [1.82, 2.24) is 24.8 Å². The van der Waals surface area contributed by atoms with Gasteiger partial charge in [-0.25, -0.2) is 9.97 Å². The zero-order valence-corrected chi connectivity index (χ0v) is 15.6. The average molecular weight is 358 g/mol. The Bertz CT molecular complexity index is 726. The normalized spacial score (nSPS) is 18.2. The fourth-order valence-electron chi connectivity index (χ4n) is 3.00. The number of aliphatic imine (C=N–C) groups is 1.